The molecule has 72 valence electrons. The van der Waals surface area contributed by atoms with Crippen LogP contribution in [0.3, 0.4) is 0 Å². The second-order valence-corrected chi connectivity index (χ2v) is 5.24. The van der Waals surface area contributed by atoms with E-state index in [4.69, 9.17) is 5.73 Å². The van der Waals surface area contributed by atoms with Gasteiger partial charge in [-0.05, 0) is 19.8 Å². The lowest BCUT2D eigenvalue weighted by Gasteiger charge is -2.02. The number of hydrogen-bond donors (Lipinski definition) is 1. The maximum atomic E-state index is 5.72. The maximum absolute atomic E-state index is 5.72. The topological polar surface area (TPSA) is 38.9 Å². The van der Waals surface area contributed by atoms with Crippen molar-refractivity contribution in [1.82, 2.24) is 4.98 Å². The van der Waals surface area contributed by atoms with Crippen LogP contribution in [0.5, 0.6) is 0 Å². The fraction of sp³-hybridized carbons (Fsp3) is 0.700. The molecule has 0 bridgehead atoms. The van der Waals surface area contributed by atoms with Gasteiger partial charge in [-0.2, -0.15) is 0 Å². The van der Waals surface area contributed by atoms with Crippen LogP contribution in [0.1, 0.15) is 37.4 Å². The Bertz CT molecular complexity index is 300. The van der Waals surface area contributed by atoms with Crippen LogP contribution in [-0.2, 0) is 11.8 Å². The molecule has 1 heterocycles. The molecule has 1 atom stereocenters. The van der Waals surface area contributed by atoms with Gasteiger partial charge in [-0.25, -0.2) is 4.98 Å². The average molecular weight is 196 g/mol. The first-order chi connectivity index (χ1) is 6.10. The highest BCUT2D eigenvalue weighted by atomic mass is 32.1. The van der Waals surface area contributed by atoms with Gasteiger partial charge in [0.15, 0.2) is 0 Å². The molecular formula is C10H16N2S. The van der Waals surface area contributed by atoms with Crippen LogP contribution in [0.25, 0.3) is 0 Å². The molecule has 3 heteroatoms. The van der Waals surface area contributed by atoms with E-state index in [0.717, 1.165) is 6.42 Å². The van der Waals surface area contributed by atoms with E-state index in [9.17, 15) is 0 Å². The molecule has 2 N–H and O–H groups in total. The quantitative estimate of drug-likeness (QED) is 0.804. The van der Waals surface area contributed by atoms with Gasteiger partial charge in [0.2, 0.25) is 0 Å². The number of aromatic nitrogens is 1. The molecule has 13 heavy (non-hydrogen) atoms. The van der Waals surface area contributed by atoms with Crippen molar-refractivity contribution >= 4 is 11.3 Å². The molecule has 1 fully saturated rings. The van der Waals surface area contributed by atoms with Crippen LogP contribution in [0, 0.1) is 0 Å². The Labute approximate surface area is 83.2 Å². The Kier molecular flexibility index (Phi) is 2.16. The largest absolute Gasteiger partial charge is 0.328 e. The number of thiazole rings is 1. The van der Waals surface area contributed by atoms with E-state index in [1.54, 1.807) is 11.3 Å². The molecule has 2 rings (SSSR count). The molecule has 0 spiro atoms. The Morgan fingerprint density at radius 1 is 1.69 bits per heavy atom. The third-order valence-corrected chi connectivity index (χ3v) is 3.80. The van der Waals surface area contributed by atoms with E-state index in [0.29, 0.717) is 5.41 Å². The van der Waals surface area contributed by atoms with Gasteiger partial charge in [0.05, 0.1) is 10.7 Å². The Morgan fingerprint density at radius 2 is 2.38 bits per heavy atom. The molecule has 1 aliphatic rings. The Balaban J connectivity index is 2.09. The standard InChI is InChI=1S/C10H16N2S/c1-7(11)5-8-6-13-9(12-8)10(2)3-4-10/h6-7H,3-5,11H2,1-2H3. The smallest absolute Gasteiger partial charge is 0.0987 e. The predicted molar refractivity (Wildman–Crippen MR) is 56.1 cm³/mol. The normalized spacial score (nSPS) is 21.5. The van der Waals surface area contributed by atoms with E-state index >= 15 is 0 Å². The van der Waals surface area contributed by atoms with Crippen LogP contribution in [0.4, 0.5) is 0 Å². The van der Waals surface area contributed by atoms with Gasteiger partial charge in [-0.3, -0.25) is 0 Å². The van der Waals surface area contributed by atoms with Gasteiger partial charge in [0.25, 0.3) is 0 Å². The summed E-state index contributed by atoms with van der Waals surface area (Å²) in [5, 5.41) is 3.46. The number of hydrogen-bond acceptors (Lipinski definition) is 3. The molecule has 1 aliphatic carbocycles. The summed E-state index contributed by atoms with van der Waals surface area (Å²) in [4.78, 5) is 4.62. The molecule has 0 saturated heterocycles. The zero-order chi connectivity index (χ0) is 9.47. The Hall–Kier alpha value is -0.410. The first kappa shape index (κ1) is 9.16. The second-order valence-electron chi connectivity index (χ2n) is 4.39. The third-order valence-electron chi connectivity index (χ3n) is 2.60. The number of nitrogens with two attached hydrogens (primary N) is 1. The summed E-state index contributed by atoms with van der Waals surface area (Å²) in [6.45, 7) is 4.32. The molecule has 1 aromatic rings. The fourth-order valence-corrected chi connectivity index (χ4v) is 2.46. The zero-order valence-electron chi connectivity index (χ0n) is 8.21. The summed E-state index contributed by atoms with van der Waals surface area (Å²) in [6.07, 6.45) is 3.52. The van der Waals surface area contributed by atoms with Crippen LogP contribution in [-0.4, -0.2) is 11.0 Å². The molecule has 0 amide bonds. The van der Waals surface area contributed by atoms with Gasteiger partial charge in [-0.15, -0.1) is 11.3 Å². The number of nitrogens with zero attached hydrogens (tertiary/aromatic N) is 1. The van der Waals surface area contributed by atoms with E-state index in [1.165, 1.54) is 23.5 Å². The first-order valence-electron chi connectivity index (χ1n) is 4.81. The van der Waals surface area contributed by atoms with Crippen molar-refractivity contribution in [3.05, 3.63) is 16.1 Å². The minimum Gasteiger partial charge on any atom is -0.328 e. The van der Waals surface area contributed by atoms with Gasteiger partial charge in [-0.1, -0.05) is 6.92 Å². The third kappa shape index (κ3) is 1.92. The Morgan fingerprint density at radius 3 is 2.92 bits per heavy atom. The van der Waals surface area contributed by atoms with E-state index in [-0.39, 0.29) is 6.04 Å². The summed E-state index contributed by atoms with van der Waals surface area (Å²) < 4.78 is 0. The van der Waals surface area contributed by atoms with Crippen LogP contribution in [0.15, 0.2) is 5.38 Å². The van der Waals surface area contributed by atoms with Crippen molar-refractivity contribution in [2.75, 3.05) is 0 Å². The minimum absolute atomic E-state index is 0.224. The molecule has 1 aromatic heterocycles. The highest BCUT2D eigenvalue weighted by Gasteiger charge is 2.41. The predicted octanol–water partition coefficient (Wildman–Crippen LogP) is 2.08. The number of rotatable bonds is 3. The summed E-state index contributed by atoms with van der Waals surface area (Å²) in [6, 6.07) is 0.224. The van der Waals surface area contributed by atoms with E-state index in [2.05, 4.69) is 17.3 Å². The highest BCUT2D eigenvalue weighted by molar-refractivity contribution is 7.09. The second kappa shape index (κ2) is 3.07. The average Bonchev–Trinajstić information content (AvgIpc) is 2.62. The van der Waals surface area contributed by atoms with Crippen molar-refractivity contribution in [2.24, 2.45) is 5.73 Å². The van der Waals surface area contributed by atoms with Gasteiger partial charge < -0.3 is 5.73 Å². The molecular weight excluding hydrogens is 180 g/mol. The molecule has 0 aliphatic heterocycles. The monoisotopic (exact) mass is 196 g/mol. The SMILES string of the molecule is CC(N)Cc1csc(C2(C)CC2)n1. The van der Waals surface area contributed by atoms with Crippen molar-refractivity contribution < 1.29 is 0 Å². The molecule has 0 aromatic carbocycles. The van der Waals surface area contributed by atoms with Crippen LogP contribution in [0.2, 0.25) is 0 Å². The molecule has 1 unspecified atom stereocenters. The lowest BCUT2D eigenvalue weighted by Crippen LogP contribution is -2.18. The van der Waals surface area contributed by atoms with E-state index in [1.807, 2.05) is 6.92 Å². The summed E-state index contributed by atoms with van der Waals surface area (Å²) >= 11 is 1.79. The van der Waals surface area contributed by atoms with Crippen LogP contribution < -0.4 is 5.73 Å². The molecule has 2 nitrogen and oxygen atoms in total. The van der Waals surface area contributed by atoms with Crippen molar-refractivity contribution in [2.45, 2.75) is 44.6 Å². The van der Waals surface area contributed by atoms with Gasteiger partial charge >= 0.3 is 0 Å². The maximum Gasteiger partial charge on any atom is 0.0987 e. The summed E-state index contributed by atoms with van der Waals surface area (Å²) in [5.41, 5.74) is 7.31. The van der Waals surface area contributed by atoms with Crippen molar-refractivity contribution in [1.29, 1.82) is 0 Å². The fourth-order valence-electron chi connectivity index (χ4n) is 1.41. The van der Waals surface area contributed by atoms with Gasteiger partial charge in [0, 0.05) is 23.3 Å². The van der Waals surface area contributed by atoms with Crippen molar-refractivity contribution in [3.8, 4) is 0 Å². The highest BCUT2D eigenvalue weighted by Crippen LogP contribution is 2.48. The summed E-state index contributed by atoms with van der Waals surface area (Å²) in [5.74, 6) is 0. The van der Waals surface area contributed by atoms with E-state index < -0.39 is 0 Å². The lowest BCUT2D eigenvalue weighted by atomic mass is 10.1. The van der Waals surface area contributed by atoms with Gasteiger partial charge in [0.1, 0.15) is 0 Å². The zero-order valence-corrected chi connectivity index (χ0v) is 9.03. The van der Waals surface area contributed by atoms with Crippen LogP contribution >= 0.6 is 11.3 Å². The minimum atomic E-state index is 0.224. The molecule has 1 saturated carbocycles. The van der Waals surface area contributed by atoms with Crippen molar-refractivity contribution in [3.63, 3.8) is 0 Å². The molecule has 0 radical (unpaired) electrons. The lowest BCUT2D eigenvalue weighted by molar-refractivity contribution is 0.710. The first-order valence-corrected chi connectivity index (χ1v) is 5.68. The summed E-state index contributed by atoms with van der Waals surface area (Å²) in [7, 11) is 0.